The van der Waals surface area contributed by atoms with Gasteiger partial charge in [0.05, 0.1) is 16.8 Å². The van der Waals surface area contributed by atoms with Crippen LogP contribution in [0.5, 0.6) is 0 Å². The van der Waals surface area contributed by atoms with Gasteiger partial charge in [0.25, 0.3) is 0 Å². The van der Waals surface area contributed by atoms with Gasteiger partial charge < -0.3 is 5.32 Å². The van der Waals surface area contributed by atoms with Gasteiger partial charge in [-0.2, -0.15) is 5.10 Å². The van der Waals surface area contributed by atoms with Crippen LogP contribution in [-0.4, -0.2) is 26.3 Å². The summed E-state index contributed by atoms with van der Waals surface area (Å²) in [5, 5.41) is 8.28. The molecule has 0 unspecified atom stereocenters. The molecule has 0 spiro atoms. The largest absolute Gasteiger partial charge is 0.360 e. The van der Waals surface area contributed by atoms with Crippen molar-refractivity contribution in [1.82, 2.24) is 19.7 Å². The van der Waals surface area contributed by atoms with E-state index in [0.29, 0.717) is 0 Å². The number of hydrogen-bond donors (Lipinski definition) is 1. The molecule has 0 aliphatic heterocycles. The van der Waals surface area contributed by atoms with Crippen molar-refractivity contribution in [2.45, 2.75) is 6.54 Å². The number of nitrogens with one attached hydrogen (secondary N) is 1. The van der Waals surface area contributed by atoms with Crippen LogP contribution in [0.3, 0.4) is 0 Å². The molecule has 3 rings (SSSR count). The van der Waals surface area contributed by atoms with Crippen molar-refractivity contribution in [2.75, 3.05) is 11.9 Å². The highest BCUT2D eigenvalue weighted by Gasteiger charge is 2.01. The molecular weight excluding hydrogens is 234 g/mol. The van der Waals surface area contributed by atoms with Crippen molar-refractivity contribution in [1.29, 1.82) is 0 Å². The highest BCUT2D eigenvalue weighted by molar-refractivity contribution is 7.22. The Bertz CT molecular complexity index is 568. The summed E-state index contributed by atoms with van der Waals surface area (Å²) < 4.78 is 3.00. The molecule has 2 aromatic heterocycles. The van der Waals surface area contributed by atoms with Gasteiger partial charge in [-0.05, 0) is 12.1 Å². The first-order valence-electron chi connectivity index (χ1n) is 5.34. The topological polar surface area (TPSA) is 55.6 Å². The lowest BCUT2D eigenvalue weighted by Gasteiger charge is -2.01. The zero-order chi connectivity index (χ0) is 11.5. The van der Waals surface area contributed by atoms with Crippen LogP contribution >= 0.6 is 11.3 Å². The molecule has 0 fully saturated rings. The van der Waals surface area contributed by atoms with Crippen molar-refractivity contribution in [2.24, 2.45) is 0 Å². The second kappa shape index (κ2) is 4.50. The van der Waals surface area contributed by atoms with Crippen LogP contribution in [-0.2, 0) is 6.54 Å². The standard InChI is InChI=1S/C11H11N5S/c1-2-4-10-9(3-1)15-11(17-10)13-5-6-16-8-12-7-14-16/h1-4,7-8H,5-6H2,(H,13,15). The van der Waals surface area contributed by atoms with Crippen molar-refractivity contribution >= 4 is 26.7 Å². The fourth-order valence-electron chi connectivity index (χ4n) is 1.57. The normalized spacial score (nSPS) is 10.8. The molecule has 0 radical (unpaired) electrons. The van der Waals surface area contributed by atoms with Gasteiger partial charge in [0.1, 0.15) is 12.7 Å². The number of hydrogen-bond acceptors (Lipinski definition) is 5. The number of aromatic nitrogens is 4. The van der Waals surface area contributed by atoms with Crippen LogP contribution in [0.4, 0.5) is 5.13 Å². The molecular formula is C11H11N5S. The highest BCUT2D eigenvalue weighted by Crippen LogP contribution is 2.24. The van der Waals surface area contributed by atoms with Gasteiger partial charge in [-0.3, -0.25) is 4.68 Å². The maximum atomic E-state index is 4.49. The summed E-state index contributed by atoms with van der Waals surface area (Å²) in [6.07, 6.45) is 3.25. The van der Waals surface area contributed by atoms with E-state index in [1.807, 2.05) is 18.2 Å². The lowest BCUT2D eigenvalue weighted by Crippen LogP contribution is -2.10. The Morgan fingerprint density at radius 1 is 1.29 bits per heavy atom. The number of nitrogens with zero attached hydrogens (tertiary/aromatic N) is 4. The molecule has 3 aromatic rings. The predicted octanol–water partition coefficient (Wildman–Crippen LogP) is 2.00. The van der Waals surface area contributed by atoms with Crippen molar-refractivity contribution in [3.8, 4) is 0 Å². The minimum atomic E-state index is 0.788. The van der Waals surface area contributed by atoms with Crippen molar-refractivity contribution in [3.63, 3.8) is 0 Å². The van der Waals surface area contributed by atoms with Gasteiger partial charge in [0, 0.05) is 6.54 Å². The number of para-hydroxylation sites is 1. The molecule has 5 nitrogen and oxygen atoms in total. The number of anilines is 1. The second-order valence-electron chi connectivity index (χ2n) is 3.57. The molecule has 17 heavy (non-hydrogen) atoms. The number of rotatable bonds is 4. The Kier molecular flexibility index (Phi) is 2.71. The van der Waals surface area contributed by atoms with E-state index in [4.69, 9.17) is 0 Å². The fourth-order valence-corrected chi connectivity index (χ4v) is 2.46. The van der Waals surface area contributed by atoms with E-state index in [-0.39, 0.29) is 0 Å². The molecule has 6 heteroatoms. The quantitative estimate of drug-likeness (QED) is 0.764. The first kappa shape index (κ1) is 10.2. The average Bonchev–Trinajstić information content (AvgIpc) is 2.96. The number of fused-ring (bicyclic) bond motifs is 1. The molecule has 0 amide bonds. The predicted molar refractivity (Wildman–Crippen MR) is 68.1 cm³/mol. The van der Waals surface area contributed by atoms with E-state index < -0.39 is 0 Å². The average molecular weight is 245 g/mol. The molecule has 0 aliphatic carbocycles. The zero-order valence-corrected chi connectivity index (χ0v) is 9.89. The molecule has 1 aromatic carbocycles. The van der Waals surface area contributed by atoms with Crippen molar-refractivity contribution in [3.05, 3.63) is 36.9 Å². The summed E-state index contributed by atoms with van der Waals surface area (Å²) in [6.45, 7) is 1.58. The van der Waals surface area contributed by atoms with Gasteiger partial charge >= 0.3 is 0 Å². The molecule has 2 heterocycles. The Labute approximate surface area is 102 Å². The lowest BCUT2D eigenvalue weighted by atomic mass is 10.3. The summed E-state index contributed by atoms with van der Waals surface area (Å²) in [4.78, 5) is 8.39. The summed E-state index contributed by atoms with van der Waals surface area (Å²) in [5.74, 6) is 0. The van der Waals surface area contributed by atoms with E-state index in [2.05, 4.69) is 26.4 Å². The zero-order valence-electron chi connectivity index (χ0n) is 9.08. The highest BCUT2D eigenvalue weighted by atomic mass is 32.1. The minimum Gasteiger partial charge on any atom is -0.360 e. The van der Waals surface area contributed by atoms with E-state index >= 15 is 0 Å². The van der Waals surface area contributed by atoms with Gasteiger partial charge in [-0.1, -0.05) is 23.5 Å². The molecule has 86 valence electrons. The van der Waals surface area contributed by atoms with Gasteiger partial charge in [0.15, 0.2) is 5.13 Å². The fraction of sp³-hybridized carbons (Fsp3) is 0.182. The third-order valence-corrected chi connectivity index (χ3v) is 3.37. The van der Waals surface area contributed by atoms with Gasteiger partial charge in [-0.25, -0.2) is 9.97 Å². The number of benzene rings is 1. The third-order valence-electron chi connectivity index (χ3n) is 2.38. The van der Waals surface area contributed by atoms with Crippen LogP contribution in [0.15, 0.2) is 36.9 Å². The Hall–Kier alpha value is -1.95. The SMILES string of the molecule is c1ccc2sc(NCCn3cncn3)nc2c1. The van der Waals surface area contributed by atoms with Gasteiger partial charge in [0.2, 0.25) is 0 Å². The Balaban J connectivity index is 1.65. The molecule has 0 bridgehead atoms. The molecule has 0 saturated carbocycles. The maximum absolute atomic E-state index is 4.49. The van der Waals surface area contributed by atoms with Crippen LogP contribution in [0, 0.1) is 0 Å². The van der Waals surface area contributed by atoms with Crippen LogP contribution in [0.2, 0.25) is 0 Å². The number of thiazole rings is 1. The minimum absolute atomic E-state index is 0.788. The van der Waals surface area contributed by atoms with E-state index in [9.17, 15) is 0 Å². The van der Waals surface area contributed by atoms with Crippen LogP contribution in [0.1, 0.15) is 0 Å². The lowest BCUT2D eigenvalue weighted by molar-refractivity contribution is 0.636. The first-order valence-corrected chi connectivity index (χ1v) is 6.15. The van der Waals surface area contributed by atoms with Crippen LogP contribution in [0.25, 0.3) is 10.2 Å². The Morgan fingerprint density at radius 3 is 3.06 bits per heavy atom. The van der Waals surface area contributed by atoms with E-state index in [1.165, 1.54) is 11.0 Å². The molecule has 1 N–H and O–H groups in total. The smallest absolute Gasteiger partial charge is 0.183 e. The van der Waals surface area contributed by atoms with E-state index in [0.717, 1.165) is 23.7 Å². The van der Waals surface area contributed by atoms with E-state index in [1.54, 1.807) is 22.3 Å². The molecule has 0 aliphatic rings. The van der Waals surface area contributed by atoms with Gasteiger partial charge in [-0.15, -0.1) is 0 Å². The summed E-state index contributed by atoms with van der Waals surface area (Å²) in [5.41, 5.74) is 1.04. The van der Waals surface area contributed by atoms with Crippen molar-refractivity contribution < 1.29 is 0 Å². The van der Waals surface area contributed by atoms with Crippen LogP contribution < -0.4 is 5.32 Å². The Morgan fingerprint density at radius 2 is 2.24 bits per heavy atom. The first-order chi connectivity index (χ1) is 8.42. The third kappa shape index (κ3) is 2.26. The summed E-state index contributed by atoms with van der Waals surface area (Å²) in [6, 6.07) is 8.13. The second-order valence-corrected chi connectivity index (χ2v) is 4.60. The summed E-state index contributed by atoms with van der Waals surface area (Å²) >= 11 is 1.67. The summed E-state index contributed by atoms with van der Waals surface area (Å²) in [7, 11) is 0. The monoisotopic (exact) mass is 245 g/mol. The maximum Gasteiger partial charge on any atom is 0.183 e. The molecule has 0 saturated heterocycles. The molecule has 0 atom stereocenters.